The van der Waals surface area contributed by atoms with Gasteiger partial charge in [0.25, 0.3) is 5.91 Å². The van der Waals surface area contributed by atoms with Crippen LogP contribution in [0.4, 0.5) is 24.5 Å². The molecule has 10 heteroatoms. The predicted molar refractivity (Wildman–Crippen MR) is 120 cm³/mol. The number of sulfone groups is 1. The van der Waals surface area contributed by atoms with Crippen molar-refractivity contribution >= 4 is 27.1 Å². The molecule has 4 rings (SSSR count). The first-order valence-corrected chi connectivity index (χ1v) is 12.7. The monoisotopic (exact) mass is 481 g/mol. The third-order valence-electron chi connectivity index (χ3n) is 6.48. The fourth-order valence-electron chi connectivity index (χ4n) is 4.39. The average Bonchev–Trinajstić information content (AvgIpc) is 2.72. The molecule has 0 aromatic heterocycles. The van der Waals surface area contributed by atoms with Crippen LogP contribution in [-0.2, 0) is 16.0 Å². The first-order valence-electron chi connectivity index (χ1n) is 10.8. The van der Waals surface area contributed by atoms with Crippen molar-refractivity contribution in [2.45, 2.75) is 36.3 Å². The van der Waals surface area contributed by atoms with Crippen LogP contribution in [-0.4, -0.2) is 51.7 Å². The molecule has 1 heterocycles. The molecule has 2 aromatic carbocycles. The largest absolute Gasteiger partial charge is 0.416 e. The Bertz CT molecular complexity index is 1150. The lowest BCUT2D eigenvalue weighted by Crippen LogP contribution is -2.49. The summed E-state index contributed by atoms with van der Waals surface area (Å²) in [4.78, 5) is 17.0. The summed E-state index contributed by atoms with van der Waals surface area (Å²) in [6, 6.07) is 7.84. The molecule has 0 spiro atoms. The highest BCUT2D eigenvalue weighted by atomic mass is 32.2. The van der Waals surface area contributed by atoms with Crippen molar-refractivity contribution in [3.05, 3.63) is 53.1 Å². The van der Waals surface area contributed by atoms with E-state index in [2.05, 4.69) is 0 Å². The van der Waals surface area contributed by atoms with Crippen molar-refractivity contribution in [1.29, 1.82) is 0 Å². The van der Waals surface area contributed by atoms with Crippen molar-refractivity contribution in [1.82, 2.24) is 4.90 Å². The smallest absolute Gasteiger partial charge is 0.398 e. The van der Waals surface area contributed by atoms with E-state index in [9.17, 15) is 26.4 Å². The van der Waals surface area contributed by atoms with Crippen LogP contribution in [0.25, 0.3) is 0 Å². The molecule has 1 aliphatic heterocycles. The predicted octanol–water partition coefficient (Wildman–Crippen LogP) is 3.92. The molecule has 1 saturated carbocycles. The molecule has 0 radical (unpaired) electrons. The second kappa shape index (κ2) is 8.55. The van der Waals surface area contributed by atoms with Gasteiger partial charge in [-0.05, 0) is 60.7 Å². The molecule has 178 valence electrons. The van der Waals surface area contributed by atoms with Crippen molar-refractivity contribution in [2.24, 2.45) is 0 Å². The van der Waals surface area contributed by atoms with Crippen LogP contribution in [0.2, 0.25) is 0 Å². The number of nitrogens with zero attached hydrogens (tertiary/aromatic N) is 2. The molecule has 2 N–H and O–H groups in total. The Kier molecular flexibility index (Phi) is 6.07. The summed E-state index contributed by atoms with van der Waals surface area (Å²) >= 11 is 0. The van der Waals surface area contributed by atoms with E-state index in [0.717, 1.165) is 43.2 Å². The van der Waals surface area contributed by atoms with E-state index in [4.69, 9.17) is 5.73 Å². The summed E-state index contributed by atoms with van der Waals surface area (Å²) in [6.45, 7) is 1.65. The van der Waals surface area contributed by atoms with E-state index in [1.807, 2.05) is 4.90 Å². The summed E-state index contributed by atoms with van der Waals surface area (Å²) in [5.74, 6) is -0.118. The number of carbonyl (C=O) groups is 1. The molecule has 2 aliphatic rings. The quantitative estimate of drug-likeness (QED) is 0.670. The standard InChI is InChI=1S/C23H26F3N3O3S/c1-33(31,32)18-13-19(21(20(27)14-18)15-3-2-4-15)22(30)29-11-9-28(10-12-29)17-7-5-16(6-8-17)23(24,25)26/h5-8,13-15H,2-4,9-12,27H2,1H3. The van der Waals surface area contributed by atoms with Gasteiger partial charge in [0.15, 0.2) is 9.84 Å². The van der Waals surface area contributed by atoms with Gasteiger partial charge in [0.1, 0.15) is 0 Å². The number of carbonyl (C=O) groups excluding carboxylic acids is 1. The number of hydrogen-bond donors (Lipinski definition) is 1. The zero-order valence-corrected chi connectivity index (χ0v) is 19.0. The highest BCUT2D eigenvalue weighted by Crippen LogP contribution is 2.42. The Morgan fingerprint density at radius 1 is 1.03 bits per heavy atom. The molecule has 1 aliphatic carbocycles. The number of nitrogens with two attached hydrogens (primary N) is 1. The minimum absolute atomic E-state index is 0.0230. The second-order valence-electron chi connectivity index (χ2n) is 8.70. The summed E-state index contributed by atoms with van der Waals surface area (Å²) in [7, 11) is -3.54. The van der Waals surface area contributed by atoms with E-state index in [1.54, 1.807) is 4.90 Å². The molecule has 0 bridgehead atoms. The van der Waals surface area contributed by atoms with E-state index in [0.29, 0.717) is 43.1 Å². The summed E-state index contributed by atoms with van der Waals surface area (Å²) in [5.41, 5.74) is 7.56. The maximum absolute atomic E-state index is 13.4. The van der Waals surface area contributed by atoms with Gasteiger partial charge in [-0.1, -0.05) is 6.42 Å². The van der Waals surface area contributed by atoms with Crippen LogP contribution in [0.5, 0.6) is 0 Å². The molecular weight excluding hydrogens is 455 g/mol. The van der Waals surface area contributed by atoms with Crippen LogP contribution in [0.15, 0.2) is 41.3 Å². The van der Waals surface area contributed by atoms with Crippen molar-refractivity contribution < 1.29 is 26.4 Å². The second-order valence-corrected chi connectivity index (χ2v) is 10.7. The van der Waals surface area contributed by atoms with Crippen molar-refractivity contribution in [3.8, 4) is 0 Å². The zero-order chi connectivity index (χ0) is 24.0. The highest BCUT2D eigenvalue weighted by Gasteiger charge is 2.32. The number of nitrogen functional groups attached to an aromatic ring is 1. The van der Waals surface area contributed by atoms with Gasteiger partial charge in [-0.25, -0.2) is 8.42 Å². The van der Waals surface area contributed by atoms with Gasteiger partial charge in [0.2, 0.25) is 0 Å². The molecule has 2 fully saturated rings. The summed E-state index contributed by atoms with van der Waals surface area (Å²) < 4.78 is 62.7. The Morgan fingerprint density at radius 2 is 1.64 bits per heavy atom. The van der Waals surface area contributed by atoms with Gasteiger partial charge in [0, 0.05) is 49.4 Å². The molecule has 33 heavy (non-hydrogen) atoms. The molecule has 6 nitrogen and oxygen atoms in total. The van der Waals surface area contributed by atoms with Crippen LogP contribution in [0, 0.1) is 0 Å². The molecule has 1 saturated heterocycles. The molecular formula is C23H26F3N3O3S. The molecule has 1 amide bonds. The summed E-state index contributed by atoms with van der Waals surface area (Å²) in [5, 5.41) is 0. The normalized spacial score (nSPS) is 17.7. The Morgan fingerprint density at radius 3 is 2.12 bits per heavy atom. The summed E-state index contributed by atoms with van der Waals surface area (Å²) in [6.07, 6.45) is -0.446. The lowest BCUT2D eigenvalue weighted by atomic mass is 9.77. The third kappa shape index (κ3) is 4.80. The van der Waals surface area contributed by atoms with Gasteiger partial charge in [-0.15, -0.1) is 0 Å². The number of piperazine rings is 1. The number of anilines is 2. The third-order valence-corrected chi connectivity index (χ3v) is 7.58. The Hall–Kier alpha value is -2.75. The van der Waals surface area contributed by atoms with Crippen LogP contribution in [0.1, 0.15) is 46.7 Å². The van der Waals surface area contributed by atoms with Gasteiger partial charge >= 0.3 is 6.18 Å². The van der Waals surface area contributed by atoms with Crippen LogP contribution < -0.4 is 10.6 Å². The molecule has 2 aromatic rings. The Balaban J connectivity index is 1.53. The topological polar surface area (TPSA) is 83.7 Å². The highest BCUT2D eigenvalue weighted by molar-refractivity contribution is 7.90. The number of hydrogen-bond acceptors (Lipinski definition) is 5. The number of rotatable bonds is 4. The van der Waals surface area contributed by atoms with Crippen molar-refractivity contribution in [2.75, 3.05) is 43.1 Å². The van der Waals surface area contributed by atoms with Gasteiger partial charge in [-0.2, -0.15) is 13.2 Å². The van der Waals surface area contributed by atoms with Gasteiger partial charge in [0.05, 0.1) is 10.5 Å². The Labute approximate surface area is 191 Å². The van der Waals surface area contributed by atoms with Crippen LogP contribution >= 0.6 is 0 Å². The van der Waals surface area contributed by atoms with Crippen molar-refractivity contribution in [3.63, 3.8) is 0 Å². The van der Waals surface area contributed by atoms with E-state index < -0.39 is 21.6 Å². The van der Waals surface area contributed by atoms with Gasteiger partial charge < -0.3 is 15.5 Å². The minimum Gasteiger partial charge on any atom is -0.398 e. The molecule has 0 atom stereocenters. The first kappa shape index (κ1) is 23.4. The fraction of sp³-hybridized carbons (Fsp3) is 0.435. The number of alkyl halides is 3. The first-order chi connectivity index (χ1) is 15.4. The fourth-order valence-corrected chi connectivity index (χ4v) is 5.06. The number of halogens is 3. The SMILES string of the molecule is CS(=O)(=O)c1cc(N)c(C2CCC2)c(C(=O)N2CCN(c3ccc(C(F)(F)F)cc3)CC2)c1. The zero-order valence-electron chi connectivity index (χ0n) is 18.2. The molecule has 0 unspecified atom stereocenters. The lowest BCUT2D eigenvalue weighted by molar-refractivity contribution is -0.137. The van der Waals surface area contributed by atoms with E-state index >= 15 is 0 Å². The van der Waals surface area contributed by atoms with Gasteiger partial charge in [-0.3, -0.25) is 4.79 Å². The maximum Gasteiger partial charge on any atom is 0.416 e. The van der Waals surface area contributed by atoms with E-state index in [1.165, 1.54) is 24.3 Å². The van der Waals surface area contributed by atoms with E-state index in [-0.39, 0.29) is 16.7 Å². The number of benzene rings is 2. The maximum atomic E-state index is 13.4. The van der Waals surface area contributed by atoms with Crippen LogP contribution in [0.3, 0.4) is 0 Å². The lowest BCUT2D eigenvalue weighted by Gasteiger charge is -2.37. The average molecular weight is 482 g/mol. The minimum atomic E-state index is -4.38. The number of amides is 1.